The highest BCUT2D eigenvalue weighted by molar-refractivity contribution is 5.97. The van der Waals surface area contributed by atoms with Crippen molar-refractivity contribution in [3.05, 3.63) is 11.8 Å². The zero-order valence-electron chi connectivity index (χ0n) is 8.43. The van der Waals surface area contributed by atoms with E-state index in [-0.39, 0.29) is 12.2 Å². The summed E-state index contributed by atoms with van der Waals surface area (Å²) in [6.45, 7) is 0.234. The normalized spacial score (nSPS) is 23.6. The van der Waals surface area contributed by atoms with Gasteiger partial charge >= 0.3 is 11.9 Å². The molecule has 0 N–H and O–H groups in total. The minimum absolute atomic E-state index is 0.0833. The van der Waals surface area contributed by atoms with Crippen LogP contribution in [0, 0.1) is 0 Å². The Morgan fingerprint density at radius 1 is 1.67 bits per heavy atom. The topological polar surface area (TPSA) is 72.9 Å². The first-order valence-corrected chi connectivity index (χ1v) is 4.25. The average Bonchev–Trinajstić information content (AvgIpc) is 2.22. The lowest BCUT2D eigenvalue weighted by atomic mass is 10.2. The highest BCUT2D eigenvalue weighted by Gasteiger charge is 2.29. The second kappa shape index (κ2) is 4.59. The molecule has 0 bridgehead atoms. The molecule has 82 valence electrons. The summed E-state index contributed by atoms with van der Waals surface area (Å²) in [5, 5.41) is 0. The minimum Gasteiger partial charge on any atom is -0.466 e. The van der Waals surface area contributed by atoms with Crippen molar-refractivity contribution < 1.29 is 23.9 Å². The number of hydrogen-bond acceptors (Lipinski definition) is 6. The van der Waals surface area contributed by atoms with Crippen LogP contribution in [0.3, 0.4) is 0 Å². The Hall–Kier alpha value is -1.85. The third-order valence-electron chi connectivity index (χ3n) is 1.94. The molecule has 1 fully saturated rings. The second-order valence-corrected chi connectivity index (χ2v) is 3.01. The van der Waals surface area contributed by atoms with E-state index in [1.165, 1.54) is 12.0 Å². The van der Waals surface area contributed by atoms with Crippen LogP contribution in [0.4, 0.5) is 0 Å². The van der Waals surface area contributed by atoms with Crippen molar-refractivity contribution >= 4 is 18.2 Å². The molecule has 6 heteroatoms. The minimum atomic E-state index is -0.780. The van der Waals surface area contributed by atoms with Crippen molar-refractivity contribution in [2.45, 2.75) is 6.10 Å². The Kier molecular flexibility index (Phi) is 3.43. The van der Waals surface area contributed by atoms with Crippen molar-refractivity contribution in [1.82, 2.24) is 4.90 Å². The van der Waals surface area contributed by atoms with Gasteiger partial charge in [0.1, 0.15) is 5.70 Å². The number of nitrogens with zero attached hydrogens (tertiary/aromatic N) is 1. The highest BCUT2D eigenvalue weighted by Crippen LogP contribution is 2.13. The van der Waals surface area contributed by atoms with Crippen LogP contribution in [0.2, 0.25) is 0 Å². The van der Waals surface area contributed by atoms with Gasteiger partial charge in [-0.25, -0.2) is 9.59 Å². The van der Waals surface area contributed by atoms with E-state index in [1.807, 2.05) is 0 Å². The fourth-order valence-electron chi connectivity index (χ4n) is 1.17. The van der Waals surface area contributed by atoms with Gasteiger partial charge in [-0.05, 0) is 0 Å². The van der Waals surface area contributed by atoms with Crippen molar-refractivity contribution in [2.75, 3.05) is 20.7 Å². The van der Waals surface area contributed by atoms with E-state index in [0.29, 0.717) is 6.29 Å². The first-order chi connectivity index (χ1) is 7.08. The summed E-state index contributed by atoms with van der Waals surface area (Å²) < 4.78 is 9.12. The molecule has 0 aliphatic carbocycles. The summed E-state index contributed by atoms with van der Waals surface area (Å²) in [5.74, 6) is -1.34. The van der Waals surface area contributed by atoms with Crippen molar-refractivity contribution in [3.63, 3.8) is 0 Å². The molecule has 15 heavy (non-hydrogen) atoms. The summed E-state index contributed by atoms with van der Waals surface area (Å²) in [6.07, 6.45) is 0.796. The number of rotatable bonds is 2. The van der Waals surface area contributed by atoms with Gasteiger partial charge in [0.05, 0.1) is 19.7 Å². The van der Waals surface area contributed by atoms with Crippen molar-refractivity contribution in [3.8, 4) is 0 Å². The number of morpholine rings is 1. The van der Waals surface area contributed by atoms with Gasteiger partial charge in [0.25, 0.3) is 0 Å². The number of esters is 2. The number of aldehydes is 1. The quantitative estimate of drug-likeness (QED) is 0.336. The molecule has 1 atom stereocenters. The van der Waals surface area contributed by atoms with Crippen LogP contribution in [0.15, 0.2) is 11.8 Å². The maximum Gasteiger partial charge on any atom is 0.355 e. The summed E-state index contributed by atoms with van der Waals surface area (Å²) >= 11 is 0. The molecule has 0 aromatic rings. The Morgan fingerprint density at radius 2 is 2.33 bits per heavy atom. The van der Waals surface area contributed by atoms with Crippen LogP contribution in [0.1, 0.15) is 0 Å². The lowest BCUT2D eigenvalue weighted by Gasteiger charge is -2.29. The summed E-state index contributed by atoms with van der Waals surface area (Å²) in [4.78, 5) is 34.1. The molecule has 1 unspecified atom stereocenters. The van der Waals surface area contributed by atoms with E-state index in [0.717, 1.165) is 6.08 Å². The molecule has 1 saturated heterocycles. The van der Waals surface area contributed by atoms with Gasteiger partial charge in [-0.3, -0.25) is 4.79 Å². The van der Waals surface area contributed by atoms with Crippen LogP contribution < -0.4 is 0 Å². The molecule has 0 amide bonds. The zero-order chi connectivity index (χ0) is 11.4. The highest BCUT2D eigenvalue weighted by atomic mass is 16.6. The largest absolute Gasteiger partial charge is 0.466 e. The number of carbonyl (C=O) groups is 3. The first-order valence-electron chi connectivity index (χ1n) is 4.25. The molecule has 6 nitrogen and oxygen atoms in total. The number of carbonyl (C=O) groups excluding carboxylic acids is 3. The molecule has 0 aromatic carbocycles. The number of methoxy groups -OCH3 is 1. The van der Waals surface area contributed by atoms with Crippen LogP contribution in [-0.2, 0) is 23.9 Å². The maximum absolute atomic E-state index is 11.3. The van der Waals surface area contributed by atoms with Crippen molar-refractivity contribution in [2.24, 2.45) is 0 Å². The molecule has 1 rings (SSSR count). The van der Waals surface area contributed by atoms with Gasteiger partial charge in [0.15, 0.2) is 12.4 Å². The van der Waals surface area contributed by atoms with Gasteiger partial charge in [-0.15, -0.1) is 0 Å². The van der Waals surface area contributed by atoms with E-state index in [1.54, 1.807) is 7.05 Å². The molecule has 1 aliphatic heterocycles. The van der Waals surface area contributed by atoms with Gasteiger partial charge in [0, 0.05) is 7.05 Å². The second-order valence-electron chi connectivity index (χ2n) is 3.01. The van der Waals surface area contributed by atoms with Gasteiger partial charge in [0.2, 0.25) is 0 Å². The Labute approximate surface area is 86.4 Å². The van der Waals surface area contributed by atoms with Gasteiger partial charge < -0.3 is 14.4 Å². The summed E-state index contributed by atoms with van der Waals surface area (Å²) in [6, 6.07) is 0. The monoisotopic (exact) mass is 213 g/mol. The lowest BCUT2D eigenvalue weighted by molar-refractivity contribution is -0.155. The van der Waals surface area contributed by atoms with E-state index in [4.69, 9.17) is 4.74 Å². The van der Waals surface area contributed by atoms with Crippen LogP contribution in [-0.4, -0.2) is 49.9 Å². The lowest BCUT2D eigenvalue weighted by Crippen LogP contribution is -2.42. The molecule has 1 aliphatic rings. The summed E-state index contributed by atoms with van der Waals surface area (Å²) in [5.41, 5.74) is 0.0833. The first kappa shape index (κ1) is 11.2. The molecule has 0 radical (unpaired) electrons. The number of hydrogen-bond donors (Lipinski definition) is 0. The van der Waals surface area contributed by atoms with Crippen LogP contribution in [0.5, 0.6) is 0 Å². The Balaban J connectivity index is 2.83. The van der Waals surface area contributed by atoms with Gasteiger partial charge in [-0.1, -0.05) is 0 Å². The van der Waals surface area contributed by atoms with Gasteiger partial charge in [-0.2, -0.15) is 0 Å². The third-order valence-corrected chi connectivity index (χ3v) is 1.94. The van der Waals surface area contributed by atoms with E-state index < -0.39 is 18.0 Å². The molecular weight excluding hydrogens is 202 g/mol. The average molecular weight is 213 g/mol. The zero-order valence-corrected chi connectivity index (χ0v) is 8.43. The fourth-order valence-corrected chi connectivity index (χ4v) is 1.17. The number of ether oxygens (including phenoxy) is 2. The van der Waals surface area contributed by atoms with Crippen LogP contribution >= 0.6 is 0 Å². The Bertz CT molecular complexity index is 322. The molecule has 0 saturated carbocycles. The molecule has 0 aromatic heterocycles. The predicted octanol–water partition coefficient (Wildman–Crippen LogP) is -0.901. The van der Waals surface area contributed by atoms with E-state index in [9.17, 15) is 14.4 Å². The molecule has 0 spiro atoms. The fraction of sp³-hybridized carbons (Fsp3) is 0.444. The maximum atomic E-state index is 11.3. The standard InChI is InChI=1S/C9H11NO5/c1-10-4-6(5-11)15-9(13)7(10)3-8(12)14-2/h3,5-6H,4H2,1-2H3/b7-3-. The Morgan fingerprint density at radius 3 is 2.80 bits per heavy atom. The SMILES string of the molecule is COC(=O)/C=C1/C(=O)OC(C=O)CN1C. The summed E-state index contributed by atoms with van der Waals surface area (Å²) in [7, 11) is 2.80. The number of cyclic esters (lactones) is 1. The predicted molar refractivity (Wildman–Crippen MR) is 48.7 cm³/mol. The van der Waals surface area contributed by atoms with E-state index >= 15 is 0 Å². The smallest absolute Gasteiger partial charge is 0.355 e. The third kappa shape index (κ3) is 2.55. The molecule has 1 heterocycles. The molecular formula is C9H11NO5. The van der Waals surface area contributed by atoms with Crippen molar-refractivity contribution in [1.29, 1.82) is 0 Å². The number of likely N-dealkylation sites (N-methyl/N-ethyl adjacent to an activating group) is 1. The van der Waals surface area contributed by atoms with Crippen LogP contribution in [0.25, 0.3) is 0 Å². The van der Waals surface area contributed by atoms with E-state index in [2.05, 4.69) is 4.74 Å².